The van der Waals surface area contributed by atoms with Gasteiger partial charge in [0.05, 0.1) is 12.6 Å². The Labute approximate surface area is 146 Å². The molecule has 2 amide bonds. The van der Waals surface area contributed by atoms with Crippen LogP contribution >= 0.6 is 11.6 Å². The summed E-state index contributed by atoms with van der Waals surface area (Å²) >= 11 is 5.82. The molecule has 0 aromatic heterocycles. The van der Waals surface area contributed by atoms with Crippen LogP contribution in [0.2, 0.25) is 5.02 Å². The zero-order valence-corrected chi connectivity index (χ0v) is 14.5. The van der Waals surface area contributed by atoms with E-state index in [1.807, 2.05) is 13.8 Å². The molecule has 0 spiro atoms. The smallest absolute Gasteiger partial charge is 0.251 e. The second kappa shape index (κ2) is 8.46. The van der Waals surface area contributed by atoms with E-state index >= 15 is 0 Å². The summed E-state index contributed by atoms with van der Waals surface area (Å²) in [4.78, 5) is 24.8. The summed E-state index contributed by atoms with van der Waals surface area (Å²) < 4.78 is 5.03. The van der Waals surface area contributed by atoms with Gasteiger partial charge in [0.2, 0.25) is 5.91 Å². The van der Waals surface area contributed by atoms with E-state index < -0.39 is 18.4 Å². The number of hydrogen-bond donors (Lipinski definition) is 3. The predicted molar refractivity (Wildman–Crippen MR) is 90.7 cm³/mol. The maximum atomic E-state index is 12.5. The van der Waals surface area contributed by atoms with Gasteiger partial charge in [-0.25, -0.2) is 0 Å². The van der Waals surface area contributed by atoms with E-state index in [4.69, 9.17) is 16.3 Å². The number of aliphatic hydroxyl groups excluding tert-OH is 1. The van der Waals surface area contributed by atoms with Crippen molar-refractivity contribution in [2.24, 2.45) is 5.92 Å². The molecule has 1 saturated heterocycles. The number of benzene rings is 1. The van der Waals surface area contributed by atoms with Crippen molar-refractivity contribution in [2.45, 2.75) is 45.1 Å². The molecule has 3 N–H and O–H groups in total. The lowest BCUT2D eigenvalue weighted by Gasteiger charge is -2.23. The van der Waals surface area contributed by atoms with Crippen molar-refractivity contribution >= 4 is 23.4 Å². The summed E-state index contributed by atoms with van der Waals surface area (Å²) in [5.41, 5.74) is 0.435. The Balaban J connectivity index is 2.02. The van der Waals surface area contributed by atoms with Crippen molar-refractivity contribution in [3.63, 3.8) is 0 Å². The van der Waals surface area contributed by atoms with Crippen LogP contribution in [0, 0.1) is 5.92 Å². The fraction of sp³-hybridized carbons (Fsp3) is 0.529. The highest BCUT2D eigenvalue weighted by molar-refractivity contribution is 6.30. The fourth-order valence-corrected chi connectivity index (χ4v) is 2.67. The second-order valence-electron chi connectivity index (χ2n) is 6.33. The Bertz CT molecular complexity index is 576. The van der Waals surface area contributed by atoms with E-state index in [2.05, 4.69) is 10.6 Å². The number of hydrogen-bond acceptors (Lipinski definition) is 4. The van der Waals surface area contributed by atoms with Gasteiger partial charge in [-0.1, -0.05) is 25.4 Å². The molecule has 0 radical (unpaired) electrons. The van der Waals surface area contributed by atoms with Crippen LogP contribution in [0.4, 0.5) is 0 Å². The molecule has 1 fully saturated rings. The van der Waals surface area contributed by atoms with Gasteiger partial charge in [0.1, 0.15) is 6.04 Å². The monoisotopic (exact) mass is 354 g/mol. The first-order valence-electron chi connectivity index (χ1n) is 8.03. The molecule has 6 nitrogen and oxygen atoms in total. The van der Waals surface area contributed by atoms with Gasteiger partial charge in [0.25, 0.3) is 5.91 Å². The lowest BCUT2D eigenvalue weighted by atomic mass is 10.0. The lowest BCUT2D eigenvalue weighted by Crippen LogP contribution is -2.51. The molecule has 1 aromatic rings. The summed E-state index contributed by atoms with van der Waals surface area (Å²) in [5.74, 6) is -0.438. The molecular formula is C17H23ClN2O4. The average Bonchev–Trinajstić information content (AvgIpc) is 2.92. The van der Waals surface area contributed by atoms with Crippen LogP contribution in [0.1, 0.15) is 37.0 Å². The second-order valence-corrected chi connectivity index (χ2v) is 6.76. The number of carbonyl (C=O) groups is 2. The third-order valence-electron chi connectivity index (χ3n) is 3.82. The first-order chi connectivity index (χ1) is 11.4. The minimum absolute atomic E-state index is 0.219. The molecule has 1 aliphatic rings. The Morgan fingerprint density at radius 1 is 1.33 bits per heavy atom. The van der Waals surface area contributed by atoms with Crippen LogP contribution in [-0.2, 0) is 9.53 Å². The van der Waals surface area contributed by atoms with Crippen molar-refractivity contribution in [3.05, 3.63) is 34.9 Å². The molecule has 1 aromatic carbocycles. The van der Waals surface area contributed by atoms with Crippen LogP contribution in [0.25, 0.3) is 0 Å². The number of ether oxygens (including phenoxy) is 1. The van der Waals surface area contributed by atoms with Crippen LogP contribution in [-0.4, -0.2) is 41.9 Å². The molecule has 3 atom stereocenters. The number of halogens is 1. The zero-order chi connectivity index (χ0) is 17.7. The highest BCUT2D eigenvalue weighted by Gasteiger charge is 2.31. The van der Waals surface area contributed by atoms with Gasteiger partial charge in [-0.3, -0.25) is 9.59 Å². The molecule has 2 unspecified atom stereocenters. The molecule has 1 heterocycles. The van der Waals surface area contributed by atoms with E-state index in [0.29, 0.717) is 30.0 Å². The van der Waals surface area contributed by atoms with E-state index in [0.717, 1.165) is 0 Å². The van der Waals surface area contributed by atoms with E-state index in [1.165, 1.54) is 0 Å². The van der Waals surface area contributed by atoms with Gasteiger partial charge in [0, 0.05) is 10.6 Å². The highest BCUT2D eigenvalue weighted by atomic mass is 35.5. The summed E-state index contributed by atoms with van der Waals surface area (Å²) in [6.07, 6.45) is 0.0435. The Morgan fingerprint density at radius 3 is 2.54 bits per heavy atom. The quantitative estimate of drug-likeness (QED) is 0.725. The maximum absolute atomic E-state index is 12.5. The molecule has 0 aliphatic carbocycles. The first-order valence-corrected chi connectivity index (χ1v) is 8.41. The molecule has 0 bridgehead atoms. The van der Waals surface area contributed by atoms with E-state index in [1.54, 1.807) is 24.3 Å². The third kappa shape index (κ3) is 5.19. The number of amides is 2. The molecule has 132 valence electrons. The molecule has 2 rings (SSSR count). The van der Waals surface area contributed by atoms with E-state index in [9.17, 15) is 14.7 Å². The Morgan fingerprint density at radius 2 is 2.00 bits per heavy atom. The summed E-state index contributed by atoms with van der Waals surface area (Å²) in [5, 5.41) is 15.7. The van der Waals surface area contributed by atoms with Gasteiger partial charge >= 0.3 is 0 Å². The van der Waals surface area contributed by atoms with Crippen molar-refractivity contribution in [2.75, 3.05) is 6.61 Å². The van der Waals surface area contributed by atoms with Crippen molar-refractivity contribution in [1.82, 2.24) is 10.6 Å². The topological polar surface area (TPSA) is 87.7 Å². The predicted octanol–water partition coefficient (Wildman–Crippen LogP) is 1.71. The van der Waals surface area contributed by atoms with Crippen LogP contribution in [0.3, 0.4) is 0 Å². The molecule has 7 heteroatoms. The number of nitrogens with one attached hydrogen (secondary N) is 2. The first kappa shape index (κ1) is 18.7. The van der Waals surface area contributed by atoms with Crippen molar-refractivity contribution in [1.29, 1.82) is 0 Å². The Hall–Kier alpha value is -1.63. The maximum Gasteiger partial charge on any atom is 0.251 e. The van der Waals surface area contributed by atoms with Crippen molar-refractivity contribution in [3.8, 4) is 0 Å². The lowest BCUT2D eigenvalue weighted by molar-refractivity contribution is -0.127. The van der Waals surface area contributed by atoms with Gasteiger partial charge < -0.3 is 20.5 Å². The molecule has 24 heavy (non-hydrogen) atoms. The minimum Gasteiger partial charge on any atom is -0.366 e. The number of aliphatic hydroxyl groups is 1. The molecular weight excluding hydrogens is 332 g/mol. The van der Waals surface area contributed by atoms with Gasteiger partial charge in [0.15, 0.2) is 6.29 Å². The Kier molecular flexibility index (Phi) is 6.60. The standard InChI is InChI=1S/C17H23ClN2O4/c1-10(2)9-14(16(22)19-13-7-8-24-17(13)23)20-15(21)11-3-5-12(18)6-4-11/h3-6,10,13-14,17,23H,7-9H2,1-2H3,(H,19,22)(H,20,21)/t13-,14?,17?/m0/s1. The SMILES string of the molecule is CC(C)CC(NC(=O)c1ccc(Cl)cc1)C(=O)N[C@H]1CCOC1O. The van der Waals surface area contributed by atoms with Crippen LogP contribution < -0.4 is 10.6 Å². The molecule has 1 aliphatic heterocycles. The molecule has 0 saturated carbocycles. The van der Waals surface area contributed by atoms with Gasteiger partial charge in [-0.05, 0) is 43.0 Å². The zero-order valence-electron chi connectivity index (χ0n) is 13.8. The summed E-state index contributed by atoms with van der Waals surface area (Å²) in [6.45, 7) is 4.35. The van der Waals surface area contributed by atoms with E-state index in [-0.39, 0.29) is 17.7 Å². The van der Waals surface area contributed by atoms with Crippen molar-refractivity contribution < 1.29 is 19.4 Å². The van der Waals surface area contributed by atoms with Crippen LogP contribution in [0.5, 0.6) is 0 Å². The van der Waals surface area contributed by atoms with Gasteiger partial charge in [-0.15, -0.1) is 0 Å². The van der Waals surface area contributed by atoms with Gasteiger partial charge in [-0.2, -0.15) is 0 Å². The highest BCUT2D eigenvalue weighted by Crippen LogP contribution is 2.13. The van der Waals surface area contributed by atoms with Crippen LogP contribution in [0.15, 0.2) is 24.3 Å². The average molecular weight is 355 g/mol. The fourth-order valence-electron chi connectivity index (χ4n) is 2.55. The largest absolute Gasteiger partial charge is 0.366 e. The summed E-state index contributed by atoms with van der Waals surface area (Å²) in [7, 11) is 0. The minimum atomic E-state index is -0.999. The normalized spacial score (nSPS) is 21.5. The number of rotatable bonds is 6. The third-order valence-corrected chi connectivity index (χ3v) is 4.08. The summed E-state index contributed by atoms with van der Waals surface area (Å²) in [6, 6.07) is 5.34. The number of carbonyl (C=O) groups excluding carboxylic acids is 2.